The lowest BCUT2D eigenvalue weighted by molar-refractivity contribution is 0.254. The van der Waals surface area contributed by atoms with E-state index in [1.54, 1.807) is 16.8 Å². The second-order valence-corrected chi connectivity index (χ2v) is 9.76. The highest BCUT2D eigenvalue weighted by molar-refractivity contribution is 7.20. The molecule has 7 nitrogen and oxygen atoms in total. The van der Waals surface area contributed by atoms with Crippen LogP contribution in [0.2, 0.25) is 9.36 Å². The number of anilines is 2. The van der Waals surface area contributed by atoms with E-state index in [4.69, 9.17) is 23.2 Å². The second-order valence-electron chi connectivity index (χ2n) is 7.67. The van der Waals surface area contributed by atoms with Crippen molar-refractivity contribution in [1.82, 2.24) is 20.2 Å². The minimum absolute atomic E-state index is 0.275. The van der Waals surface area contributed by atoms with Gasteiger partial charge in [0.15, 0.2) is 5.65 Å². The van der Waals surface area contributed by atoms with Gasteiger partial charge in [-0.05, 0) is 48.2 Å². The molecular weight excluding hydrogens is 467 g/mol. The number of amides is 2. The van der Waals surface area contributed by atoms with E-state index in [9.17, 15) is 4.79 Å². The first-order valence-corrected chi connectivity index (χ1v) is 11.5. The number of urea groups is 1. The number of hydrogen-bond donors (Lipinski definition) is 3. The van der Waals surface area contributed by atoms with Crippen LogP contribution in [0.5, 0.6) is 0 Å². The largest absolute Gasteiger partial charge is 0.338 e. The summed E-state index contributed by atoms with van der Waals surface area (Å²) in [5, 5.41) is 9.58. The standard InChI is InChI=1S/C22H22Cl2N6OS/c1-11(2)15-9-17(25-21-19(15)12(3)29-30(21)4)27-28-22(31)26-18-10-16(20(24)32-18)13-5-7-14(23)8-6-13/h5-11H,1-4H3,(H,25,27)(H2,26,28,31). The van der Waals surface area contributed by atoms with Crippen molar-refractivity contribution in [3.05, 3.63) is 57.0 Å². The Morgan fingerprint density at radius 2 is 1.88 bits per heavy atom. The third-order valence-electron chi connectivity index (χ3n) is 5.00. The van der Waals surface area contributed by atoms with Crippen molar-refractivity contribution in [2.75, 3.05) is 10.7 Å². The van der Waals surface area contributed by atoms with Gasteiger partial charge in [-0.25, -0.2) is 9.78 Å². The van der Waals surface area contributed by atoms with E-state index < -0.39 is 6.03 Å². The van der Waals surface area contributed by atoms with E-state index in [1.807, 2.05) is 38.2 Å². The number of carbonyl (C=O) groups excluding carboxylic acids is 1. The molecule has 32 heavy (non-hydrogen) atoms. The number of pyridine rings is 1. The molecule has 0 spiro atoms. The first kappa shape index (κ1) is 22.4. The maximum absolute atomic E-state index is 12.5. The molecule has 0 fully saturated rings. The minimum atomic E-state index is -0.431. The number of halogens is 2. The van der Waals surface area contributed by atoms with E-state index in [0.29, 0.717) is 20.2 Å². The fourth-order valence-corrected chi connectivity index (χ4v) is 4.86. The number of fused-ring (bicyclic) bond motifs is 1. The average molecular weight is 489 g/mol. The molecule has 0 aliphatic rings. The number of aryl methyl sites for hydroxylation is 2. The second kappa shape index (κ2) is 8.97. The molecule has 3 aromatic heterocycles. The van der Waals surface area contributed by atoms with Gasteiger partial charge in [-0.3, -0.25) is 20.9 Å². The molecule has 4 aromatic rings. The molecule has 0 atom stereocenters. The van der Waals surface area contributed by atoms with E-state index in [-0.39, 0.29) is 5.92 Å². The summed E-state index contributed by atoms with van der Waals surface area (Å²) in [5.41, 5.74) is 10.1. The Labute approximate surface area is 199 Å². The number of nitrogens with zero attached hydrogens (tertiary/aromatic N) is 3. The monoisotopic (exact) mass is 488 g/mol. The van der Waals surface area contributed by atoms with Gasteiger partial charge in [0.25, 0.3) is 0 Å². The lowest BCUT2D eigenvalue weighted by Gasteiger charge is -2.13. The normalized spacial score (nSPS) is 11.2. The molecule has 166 valence electrons. The van der Waals surface area contributed by atoms with E-state index in [1.165, 1.54) is 11.3 Å². The zero-order valence-corrected chi connectivity index (χ0v) is 20.3. The van der Waals surface area contributed by atoms with Gasteiger partial charge in [0.2, 0.25) is 0 Å². The fourth-order valence-electron chi connectivity index (χ4n) is 3.52. The summed E-state index contributed by atoms with van der Waals surface area (Å²) in [6.45, 7) is 6.20. The SMILES string of the molecule is Cc1nn(C)c2nc(NNC(=O)Nc3cc(-c4ccc(Cl)cc4)c(Cl)s3)cc(C(C)C)c12. The van der Waals surface area contributed by atoms with Crippen molar-refractivity contribution in [2.45, 2.75) is 26.7 Å². The number of nitrogens with one attached hydrogen (secondary N) is 3. The lowest BCUT2D eigenvalue weighted by Crippen LogP contribution is -2.33. The summed E-state index contributed by atoms with van der Waals surface area (Å²) in [4.78, 5) is 17.1. The summed E-state index contributed by atoms with van der Waals surface area (Å²) >= 11 is 13.6. The van der Waals surface area contributed by atoms with Crippen LogP contribution in [0.4, 0.5) is 15.6 Å². The Morgan fingerprint density at radius 3 is 2.56 bits per heavy atom. The molecule has 0 radical (unpaired) electrons. The summed E-state index contributed by atoms with van der Waals surface area (Å²) in [5.74, 6) is 0.808. The fraction of sp³-hybridized carbons (Fsp3) is 0.227. The number of thiophene rings is 1. The Balaban J connectivity index is 1.48. The van der Waals surface area contributed by atoms with Crippen LogP contribution in [-0.2, 0) is 7.05 Å². The number of aromatic nitrogens is 3. The van der Waals surface area contributed by atoms with Crippen LogP contribution in [0.15, 0.2) is 36.4 Å². The minimum Gasteiger partial charge on any atom is -0.298 e. The maximum atomic E-state index is 12.5. The van der Waals surface area contributed by atoms with Gasteiger partial charge in [-0.1, -0.05) is 49.2 Å². The molecule has 0 bridgehead atoms. The van der Waals surface area contributed by atoms with Crippen LogP contribution in [-0.4, -0.2) is 20.8 Å². The molecule has 0 unspecified atom stereocenters. The van der Waals surface area contributed by atoms with Crippen molar-refractivity contribution in [1.29, 1.82) is 0 Å². The van der Waals surface area contributed by atoms with Crippen molar-refractivity contribution in [3.63, 3.8) is 0 Å². The third-order valence-corrected chi connectivity index (χ3v) is 6.53. The Hall–Kier alpha value is -2.81. The van der Waals surface area contributed by atoms with Gasteiger partial charge in [0.05, 0.1) is 10.7 Å². The van der Waals surface area contributed by atoms with Gasteiger partial charge < -0.3 is 0 Å². The van der Waals surface area contributed by atoms with E-state index >= 15 is 0 Å². The molecule has 3 heterocycles. The number of hydrazine groups is 1. The zero-order valence-electron chi connectivity index (χ0n) is 18.0. The Morgan fingerprint density at radius 1 is 1.16 bits per heavy atom. The zero-order chi connectivity index (χ0) is 23.0. The highest BCUT2D eigenvalue weighted by atomic mass is 35.5. The predicted molar refractivity (Wildman–Crippen MR) is 133 cm³/mol. The lowest BCUT2D eigenvalue weighted by atomic mass is 10.00. The predicted octanol–water partition coefficient (Wildman–Crippen LogP) is 6.58. The highest BCUT2D eigenvalue weighted by Crippen LogP contribution is 2.38. The molecule has 1 aromatic carbocycles. The maximum Gasteiger partial charge on any atom is 0.338 e. The van der Waals surface area contributed by atoms with Gasteiger partial charge in [0.1, 0.15) is 10.2 Å². The average Bonchev–Trinajstić information content (AvgIpc) is 3.25. The Kier molecular flexibility index (Phi) is 6.28. The molecule has 0 saturated heterocycles. The molecule has 3 N–H and O–H groups in total. The van der Waals surface area contributed by atoms with Crippen molar-refractivity contribution < 1.29 is 4.79 Å². The smallest absolute Gasteiger partial charge is 0.298 e. The number of hydrogen-bond acceptors (Lipinski definition) is 5. The van der Waals surface area contributed by atoms with Crippen molar-refractivity contribution >= 4 is 62.4 Å². The summed E-state index contributed by atoms with van der Waals surface area (Å²) in [6, 6.07) is 10.7. The molecular formula is C22H22Cl2N6OS. The molecule has 0 saturated carbocycles. The molecule has 4 rings (SSSR count). The van der Waals surface area contributed by atoms with Crippen molar-refractivity contribution in [3.8, 4) is 11.1 Å². The Bertz CT molecular complexity index is 1300. The molecule has 0 aliphatic carbocycles. The number of benzene rings is 1. The van der Waals surface area contributed by atoms with Gasteiger partial charge >= 0.3 is 6.03 Å². The quantitative estimate of drug-likeness (QED) is 0.277. The van der Waals surface area contributed by atoms with Crippen LogP contribution in [0, 0.1) is 6.92 Å². The summed E-state index contributed by atoms with van der Waals surface area (Å²) < 4.78 is 2.32. The topological polar surface area (TPSA) is 83.9 Å². The first-order chi connectivity index (χ1) is 15.2. The van der Waals surface area contributed by atoms with Crippen molar-refractivity contribution in [2.24, 2.45) is 7.05 Å². The summed E-state index contributed by atoms with van der Waals surface area (Å²) in [6.07, 6.45) is 0. The molecule has 0 aliphatic heterocycles. The molecule has 2 amide bonds. The van der Waals surface area contributed by atoms with Crippen LogP contribution in [0.25, 0.3) is 22.2 Å². The number of rotatable bonds is 5. The van der Waals surface area contributed by atoms with Crippen LogP contribution in [0.1, 0.15) is 31.0 Å². The third kappa shape index (κ3) is 4.53. The van der Waals surface area contributed by atoms with E-state index in [0.717, 1.165) is 33.4 Å². The van der Waals surface area contributed by atoms with Gasteiger partial charge in [0, 0.05) is 23.0 Å². The van der Waals surface area contributed by atoms with Crippen LogP contribution in [0.3, 0.4) is 0 Å². The summed E-state index contributed by atoms with van der Waals surface area (Å²) in [7, 11) is 1.86. The van der Waals surface area contributed by atoms with Gasteiger partial charge in [-0.2, -0.15) is 5.10 Å². The highest BCUT2D eigenvalue weighted by Gasteiger charge is 2.16. The van der Waals surface area contributed by atoms with Crippen LogP contribution >= 0.6 is 34.5 Å². The number of carbonyl (C=O) groups is 1. The van der Waals surface area contributed by atoms with Crippen LogP contribution < -0.4 is 16.2 Å². The van der Waals surface area contributed by atoms with E-state index in [2.05, 4.69) is 40.1 Å². The van der Waals surface area contributed by atoms with Gasteiger partial charge in [-0.15, -0.1) is 11.3 Å². The molecule has 10 heteroatoms. The first-order valence-electron chi connectivity index (χ1n) is 9.95.